The molecule has 2 atom stereocenters. The highest BCUT2D eigenvalue weighted by Crippen LogP contribution is 2.34. The third kappa shape index (κ3) is 2.75. The van der Waals surface area contributed by atoms with Crippen LogP contribution in [-0.2, 0) is 14.4 Å². The van der Waals surface area contributed by atoms with Crippen molar-refractivity contribution in [2.24, 2.45) is 17.3 Å². The van der Waals surface area contributed by atoms with Gasteiger partial charge in [0.25, 0.3) is 0 Å². The van der Waals surface area contributed by atoms with E-state index in [1.54, 1.807) is 27.6 Å². The first-order valence-electron chi connectivity index (χ1n) is 6.84. The predicted octanol–water partition coefficient (Wildman–Crippen LogP) is 1.71. The number of hydrogen-bond donors (Lipinski definition) is 0. The van der Waals surface area contributed by atoms with E-state index >= 15 is 0 Å². The molecule has 0 spiro atoms. The van der Waals surface area contributed by atoms with Gasteiger partial charge in [-0.3, -0.25) is 14.5 Å². The van der Waals surface area contributed by atoms with Crippen LogP contribution in [0.3, 0.4) is 0 Å². The Morgan fingerprint density at radius 3 is 2.21 bits per heavy atom. The molecule has 1 saturated heterocycles. The van der Waals surface area contributed by atoms with Gasteiger partial charge in [0.05, 0.1) is 5.68 Å². The highest BCUT2D eigenvalue weighted by atomic mass is 16.2. The van der Waals surface area contributed by atoms with Crippen molar-refractivity contribution in [1.82, 2.24) is 4.90 Å². The number of imide groups is 1. The van der Waals surface area contributed by atoms with Gasteiger partial charge in [0, 0.05) is 23.8 Å². The molecule has 4 nitrogen and oxygen atoms in total. The van der Waals surface area contributed by atoms with E-state index in [2.05, 4.69) is 0 Å². The summed E-state index contributed by atoms with van der Waals surface area (Å²) in [5.74, 6) is -0.394. The molecule has 1 aliphatic rings. The van der Waals surface area contributed by atoms with Crippen molar-refractivity contribution in [2.75, 3.05) is 0 Å². The Hall–Kier alpha value is -1.13. The minimum absolute atomic E-state index is 0.0476. The van der Waals surface area contributed by atoms with Gasteiger partial charge in [-0.05, 0) is 12.8 Å². The first-order valence-corrected chi connectivity index (χ1v) is 6.84. The van der Waals surface area contributed by atoms with Crippen molar-refractivity contribution in [1.29, 1.82) is 0 Å². The topological polar surface area (TPSA) is 54.5 Å². The molecule has 0 aromatic rings. The van der Waals surface area contributed by atoms with E-state index in [-0.39, 0.29) is 35.8 Å². The van der Waals surface area contributed by atoms with Crippen LogP contribution < -0.4 is 0 Å². The Bertz CT molecular complexity index is 403. The summed E-state index contributed by atoms with van der Waals surface area (Å²) in [7, 11) is 1.50. The number of amides is 2. The van der Waals surface area contributed by atoms with Crippen molar-refractivity contribution < 1.29 is 14.4 Å². The number of nitrogens with zero attached hydrogens (tertiary/aromatic N) is 1. The highest BCUT2D eigenvalue weighted by molar-refractivity contribution is 6.73. The van der Waals surface area contributed by atoms with Gasteiger partial charge in [0.1, 0.15) is 0 Å². The molecule has 5 heteroatoms. The summed E-state index contributed by atoms with van der Waals surface area (Å²) in [6.45, 7) is 10.9. The fourth-order valence-electron chi connectivity index (χ4n) is 2.50. The van der Waals surface area contributed by atoms with Crippen LogP contribution in [0.15, 0.2) is 0 Å². The third-order valence-electron chi connectivity index (χ3n) is 4.35. The minimum Gasteiger partial charge on any atom is -0.311 e. The third-order valence-corrected chi connectivity index (χ3v) is 4.35. The SMILES string of the molecule is C[B]C(=O)C(C)(C)C(C)N1C(=O)CC(C(C)C)C1=O. The molecule has 19 heavy (non-hydrogen) atoms. The highest BCUT2D eigenvalue weighted by Gasteiger charge is 2.47. The molecule has 1 rings (SSSR count). The van der Waals surface area contributed by atoms with E-state index in [0.29, 0.717) is 0 Å². The average Bonchev–Trinajstić information content (AvgIpc) is 2.62. The van der Waals surface area contributed by atoms with E-state index in [4.69, 9.17) is 0 Å². The minimum atomic E-state index is -0.744. The lowest BCUT2D eigenvalue weighted by Crippen LogP contribution is -2.51. The molecule has 0 saturated carbocycles. The molecule has 0 aromatic carbocycles. The number of carbonyl (C=O) groups is 3. The number of hydrogen-bond acceptors (Lipinski definition) is 3. The molecular formula is C14H23BNO3. The van der Waals surface area contributed by atoms with Crippen LogP contribution in [0.25, 0.3) is 0 Å². The van der Waals surface area contributed by atoms with Crippen molar-refractivity contribution in [3.8, 4) is 0 Å². The maximum absolute atomic E-state index is 12.3. The first-order chi connectivity index (χ1) is 8.64. The molecule has 2 unspecified atom stereocenters. The summed E-state index contributed by atoms with van der Waals surface area (Å²) >= 11 is 0. The normalized spacial score (nSPS) is 22.1. The second-order valence-corrected chi connectivity index (χ2v) is 6.21. The van der Waals surface area contributed by atoms with Crippen LogP contribution in [0.2, 0.25) is 6.82 Å². The van der Waals surface area contributed by atoms with E-state index in [1.165, 1.54) is 12.2 Å². The van der Waals surface area contributed by atoms with Crippen LogP contribution in [0.5, 0.6) is 0 Å². The van der Waals surface area contributed by atoms with Crippen LogP contribution in [0.1, 0.15) is 41.0 Å². The molecule has 1 radical (unpaired) electrons. The van der Waals surface area contributed by atoms with Gasteiger partial charge in [-0.1, -0.05) is 34.5 Å². The van der Waals surface area contributed by atoms with Gasteiger partial charge in [-0.15, -0.1) is 0 Å². The van der Waals surface area contributed by atoms with Crippen LogP contribution >= 0.6 is 0 Å². The van der Waals surface area contributed by atoms with Crippen molar-refractivity contribution >= 4 is 24.8 Å². The van der Waals surface area contributed by atoms with Crippen molar-refractivity contribution in [3.05, 3.63) is 0 Å². The second kappa shape index (κ2) is 5.47. The van der Waals surface area contributed by atoms with Crippen LogP contribution in [-0.4, -0.2) is 35.7 Å². The summed E-state index contributed by atoms with van der Waals surface area (Å²) in [4.78, 5) is 37.7. The molecule has 1 aliphatic heterocycles. The van der Waals surface area contributed by atoms with Gasteiger partial charge in [0.2, 0.25) is 11.8 Å². The molecule has 1 heterocycles. The fraction of sp³-hybridized carbons (Fsp3) is 0.786. The summed E-state index contributed by atoms with van der Waals surface area (Å²) in [5, 5.41) is 0. The van der Waals surface area contributed by atoms with Crippen molar-refractivity contribution in [2.45, 2.75) is 53.9 Å². The maximum Gasteiger partial charge on any atom is 0.233 e. The maximum atomic E-state index is 12.3. The zero-order valence-corrected chi connectivity index (χ0v) is 12.7. The zero-order chi connectivity index (χ0) is 15.0. The van der Waals surface area contributed by atoms with E-state index in [1.807, 2.05) is 13.8 Å². The number of carbonyl (C=O) groups excluding carboxylic acids is 3. The monoisotopic (exact) mass is 264 g/mol. The summed E-state index contributed by atoms with van der Waals surface area (Å²) in [6.07, 6.45) is 0.265. The lowest BCUT2D eigenvalue weighted by Gasteiger charge is -2.36. The first kappa shape index (κ1) is 15.9. The molecule has 0 aliphatic carbocycles. The average molecular weight is 264 g/mol. The van der Waals surface area contributed by atoms with E-state index in [0.717, 1.165) is 0 Å². The zero-order valence-electron chi connectivity index (χ0n) is 12.7. The molecule has 0 N–H and O–H groups in total. The van der Waals surface area contributed by atoms with Gasteiger partial charge in [-0.25, -0.2) is 0 Å². The molecule has 0 aromatic heterocycles. The van der Waals surface area contributed by atoms with Gasteiger partial charge in [0.15, 0.2) is 7.28 Å². The Balaban J connectivity index is 3.00. The lowest BCUT2D eigenvalue weighted by molar-refractivity contribution is -0.145. The summed E-state index contributed by atoms with van der Waals surface area (Å²) in [6, 6.07) is -0.417. The lowest BCUT2D eigenvalue weighted by atomic mass is 9.62. The summed E-state index contributed by atoms with van der Waals surface area (Å²) < 4.78 is 0. The van der Waals surface area contributed by atoms with E-state index < -0.39 is 11.5 Å². The number of rotatable bonds is 5. The van der Waals surface area contributed by atoms with Crippen LogP contribution in [0, 0.1) is 17.3 Å². The fourth-order valence-corrected chi connectivity index (χ4v) is 2.50. The quantitative estimate of drug-likeness (QED) is 0.561. The second-order valence-electron chi connectivity index (χ2n) is 6.21. The molecule has 0 bridgehead atoms. The Morgan fingerprint density at radius 2 is 1.84 bits per heavy atom. The Kier molecular flexibility index (Phi) is 4.59. The van der Waals surface area contributed by atoms with Gasteiger partial charge in [-0.2, -0.15) is 0 Å². The van der Waals surface area contributed by atoms with Crippen LogP contribution in [0.4, 0.5) is 0 Å². The smallest absolute Gasteiger partial charge is 0.233 e. The predicted molar refractivity (Wildman–Crippen MR) is 74.7 cm³/mol. The number of likely N-dealkylation sites (tertiary alicyclic amines) is 1. The largest absolute Gasteiger partial charge is 0.311 e. The molecule has 2 amide bonds. The van der Waals surface area contributed by atoms with Gasteiger partial charge >= 0.3 is 0 Å². The van der Waals surface area contributed by atoms with Crippen molar-refractivity contribution in [3.63, 3.8) is 0 Å². The Morgan fingerprint density at radius 1 is 1.32 bits per heavy atom. The Labute approximate surface area is 116 Å². The molecular weight excluding hydrogens is 241 g/mol. The molecule has 1 fully saturated rings. The van der Waals surface area contributed by atoms with Gasteiger partial charge < -0.3 is 4.79 Å². The molecule has 105 valence electrons. The summed E-state index contributed by atoms with van der Waals surface area (Å²) in [5.41, 5.74) is -0.792. The standard InChI is InChI=1S/C14H23BNO3/c1-8(2)10-7-11(17)16(12(10)18)9(3)14(4,5)13(19)15-6/h8-10H,7H2,1-6H3. The van der Waals surface area contributed by atoms with E-state index in [9.17, 15) is 14.4 Å².